The van der Waals surface area contributed by atoms with Gasteiger partial charge in [-0.3, -0.25) is 0 Å². The van der Waals surface area contributed by atoms with Crippen LogP contribution in [-0.4, -0.2) is 13.9 Å². The van der Waals surface area contributed by atoms with Crippen molar-refractivity contribution in [3.63, 3.8) is 0 Å². The lowest BCUT2D eigenvalue weighted by Crippen LogP contribution is -2.41. The Kier molecular flexibility index (Phi) is 5.12. The van der Waals surface area contributed by atoms with Gasteiger partial charge in [0, 0.05) is 0 Å². The lowest BCUT2D eigenvalue weighted by Gasteiger charge is -2.32. The Balaban J connectivity index is 2.64. The Morgan fingerprint density at radius 2 is 1.89 bits per heavy atom. The summed E-state index contributed by atoms with van der Waals surface area (Å²) in [7, 11) is -1.69. The molecule has 1 aromatic carbocycles. The Morgan fingerprint density at radius 3 is 2.39 bits per heavy atom. The van der Waals surface area contributed by atoms with Crippen LogP contribution in [0.1, 0.15) is 25.8 Å². The first kappa shape index (κ1) is 14.9. The third kappa shape index (κ3) is 4.64. The molecule has 1 atom stereocenters. The van der Waals surface area contributed by atoms with Gasteiger partial charge in [-0.25, -0.2) is 0 Å². The fraction of sp³-hybridized carbons (Fsp3) is 0.533. The van der Waals surface area contributed by atoms with Gasteiger partial charge in [0.2, 0.25) is 0 Å². The molecule has 0 aliphatic rings. The topological polar surface area (TPSA) is 33.0 Å². The largest absolute Gasteiger partial charge is 0.400 e. The van der Waals surface area contributed by atoms with Gasteiger partial charge in [-0.1, -0.05) is 37.3 Å². The normalized spacial score (nSPS) is 14.8. The smallest absolute Gasteiger partial charge is 0.188 e. The van der Waals surface area contributed by atoms with E-state index in [1.54, 1.807) is 0 Å². The fourth-order valence-electron chi connectivity index (χ4n) is 1.84. The summed E-state index contributed by atoms with van der Waals surface area (Å²) < 4.78 is 6.12. The van der Waals surface area contributed by atoms with E-state index >= 15 is 0 Å². The third-order valence-electron chi connectivity index (χ3n) is 3.32. The predicted molar refractivity (Wildman–Crippen MR) is 77.8 cm³/mol. The number of benzene rings is 1. The molecule has 0 amide bonds. The van der Waals surface area contributed by atoms with E-state index in [2.05, 4.69) is 38.2 Å². The molecule has 0 N–H and O–H groups in total. The average molecular weight is 261 g/mol. The van der Waals surface area contributed by atoms with Crippen LogP contribution in [0.25, 0.3) is 0 Å². The van der Waals surface area contributed by atoms with Crippen LogP contribution in [0.2, 0.25) is 19.1 Å². The molecule has 0 bridgehead atoms. The predicted octanol–water partition coefficient (Wildman–Crippen LogP) is 4.14. The molecule has 1 unspecified atom stereocenters. The zero-order valence-electron chi connectivity index (χ0n) is 11.9. The summed E-state index contributed by atoms with van der Waals surface area (Å²) in [6, 6.07) is 13.7. The van der Waals surface area contributed by atoms with Crippen molar-refractivity contribution in [2.24, 2.45) is 0 Å². The van der Waals surface area contributed by atoms with E-state index in [1.165, 1.54) is 5.56 Å². The molecular formula is C15H23NOSi. The number of aryl methyl sites for hydroxylation is 1. The van der Waals surface area contributed by atoms with Crippen molar-refractivity contribution in [1.29, 1.82) is 5.26 Å². The summed E-state index contributed by atoms with van der Waals surface area (Å²) in [6.07, 6.45) is 1.64. The third-order valence-corrected chi connectivity index (χ3v) is 6.03. The maximum Gasteiger partial charge on any atom is 0.188 e. The van der Waals surface area contributed by atoms with E-state index in [9.17, 15) is 5.26 Å². The van der Waals surface area contributed by atoms with Crippen LogP contribution in [-0.2, 0) is 10.8 Å². The van der Waals surface area contributed by atoms with Crippen molar-refractivity contribution < 1.29 is 4.43 Å². The van der Waals surface area contributed by atoms with Crippen LogP contribution in [0.4, 0.5) is 0 Å². The van der Waals surface area contributed by atoms with Gasteiger partial charge in [0.1, 0.15) is 5.60 Å². The number of rotatable bonds is 6. The Labute approximate surface area is 112 Å². The van der Waals surface area contributed by atoms with Gasteiger partial charge >= 0.3 is 0 Å². The Bertz CT molecular complexity index is 410. The maximum atomic E-state index is 9.37. The molecule has 0 aromatic heterocycles. The van der Waals surface area contributed by atoms with Crippen molar-refractivity contribution in [1.82, 2.24) is 0 Å². The number of nitriles is 1. The molecule has 0 spiro atoms. The highest BCUT2D eigenvalue weighted by atomic mass is 28.4. The minimum Gasteiger partial charge on any atom is -0.400 e. The Morgan fingerprint density at radius 1 is 1.28 bits per heavy atom. The number of hydrogen-bond donors (Lipinski definition) is 0. The average Bonchev–Trinajstić information content (AvgIpc) is 2.37. The van der Waals surface area contributed by atoms with Crippen molar-refractivity contribution in [2.45, 2.75) is 51.4 Å². The fourth-order valence-corrected chi connectivity index (χ4v) is 3.35. The summed E-state index contributed by atoms with van der Waals surface area (Å²) in [5.41, 5.74) is 0.611. The molecule has 0 saturated heterocycles. The van der Waals surface area contributed by atoms with E-state index in [0.29, 0.717) is 0 Å². The van der Waals surface area contributed by atoms with Gasteiger partial charge in [0.15, 0.2) is 8.32 Å². The second kappa shape index (κ2) is 6.17. The number of nitrogens with zero attached hydrogens (tertiary/aromatic N) is 1. The summed E-state index contributed by atoms with van der Waals surface area (Å²) in [6.45, 7) is 8.40. The van der Waals surface area contributed by atoms with Gasteiger partial charge in [0.25, 0.3) is 0 Å². The van der Waals surface area contributed by atoms with E-state index in [4.69, 9.17) is 4.43 Å². The molecule has 2 nitrogen and oxygen atoms in total. The van der Waals surface area contributed by atoms with Crippen molar-refractivity contribution in [3.05, 3.63) is 35.9 Å². The van der Waals surface area contributed by atoms with E-state index in [-0.39, 0.29) is 0 Å². The van der Waals surface area contributed by atoms with Crippen LogP contribution < -0.4 is 0 Å². The molecule has 0 saturated carbocycles. The highest BCUT2D eigenvalue weighted by Gasteiger charge is 2.33. The summed E-state index contributed by atoms with van der Waals surface area (Å²) in [4.78, 5) is 0. The second-order valence-corrected chi connectivity index (χ2v) is 9.97. The first-order valence-electron chi connectivity index (χ1n) is 6.56. The van der Waals surface area contributed by atoms with Crippen LogP contribution in [0.5, 0.6) is 0 Å². The highest BCUT2D eigenvalue weighted by Crippen LogP contribution is 2.24. The zero-order valence-corrected chi connectivity index (χ0v) is 12.9. The Hall–Kier alpha value is -1.11. The van der Waals surface area contributed by atoms with Gasteiger partial charge in [-0.05, 0) is 44.5 Å². The molecule has 0 radical (unpaired) electrons. The van der Waals surface area contributed by atoms with E-state index in [1.807, 2.05) is 25.1 Å². The molecule has 98 valence electrons. The summed E-state index contributed by atoms with van der Waals surface area (Å²) >= 11 is 0. The molecule has 3 heteroatoms. The molecule has 18 heavy (non-hydrogen) atoms. The molecular weight excluding hydrogens is 238 g/mol. The van der Waals surface area contributed by atoms with Gasteiger partial charge in [-0.15, -0.1) is 0 Å². The standard InChI is InChI=1S/C15H23NOSi/c1-5-18(3,4)17-15(2,13-16)12-11-14-9-7-6-8-10-14/h6-10H,5,11-12H2,1-4H3. The molecule has 0 aliphatic carbocycles. The lowest BCUT2D eigenvalue weighted by molar-refractivity contribution is 0.128. The summed E-state index contributed by atoms with van der Waals surface area (Å²) in [5, 5.41) is 9.37. The SMILES string of the molecule is CC[Si](C)(C)OC(C)(C#N)CCc1ccccc1. The van der Waals surface area contributed by atoms with Crippen LogP contribution in [0.3, 0.4) is 0 Å². The van der Waals surface area contributed by atoms with Crippen molar-refractivity contribution in [3.8, 4) is 6.07 Å². The number of hydrogen-bond acceptors (Lipinski definition) is 2. The molecule has 1 aromatic rings. The van der Waals surface area contributed by atoms with Crippen molar-refractivity contribution >= 4 is 8.32 Å². The van der Waals surface area contributed by atoms with Crippen LogP contribution in [0.15, 0.2) is 30.3 Å². The van der Waals surface area contributed by atoms with Crippen molar-refractivity contribution in [2.75, 3.05) is 0 Å². The van der Waals surface area contributed by atoms with E-state index in [0.717, 1.165) is 18.9 Å². The quantitative estimate of drug-likeness (QED) is 0.721. The first-order chi connectivity index (χ1) is 8.41. The second-order valence-electron chi connectivity index (χ2n) is 5.54. The minimum atomic E-state index is -1.69. The van der Waals surface area contributed by atoms with Gasteiger partial charge in [0.05, 0.1) is 6.07 Å². The van der Waals surface area contributed by atoms with Gasteiger partial charge < -0.3 is 4.43 Å². The lowest BCUT2D eigenvalue weighted by atomic mass is 9.98. The summed E-state index contributed by atoms with van der Waals surface area (Å²) in [5.74, 6) is 0. The first-order valence-corrected chi connectivity index (χ1v) is 9.68. The minimum absolute atomic E-state index is 0.651. The molecule has 0 heterocycles. The zero-order chi connectivity index (χ0) is 13.6. The molecule has 0 fully saturated rings. The molecule has 0 aliphatic heterocycles. The van der Waals surface area contributed by atoms with E-state index < -0.39 is 13.9 Å². The molecule has 1 rings (SSSR count). The highest BCUT2D eigenvalue weighted by molar-refractivity contribution is 6.71. The monoisotopic (exact) mass is 261 g/mol. The van der Waals surface area contributed by atoms with Crippen LogP contribution >= 0.6 is 0 Å². The van der Waals surface area contributed by atoms with Crippen LogP contribution in [0, 0.1) is 11.3 Å². The van der Waals surface area contributed by atoms with Gasteiger partial charge in [-0.2, -0.15) is 5.26 Å². The maximum absolute atomic E-state index is 9.37.